The lowest BCUT2D eigenvalue weighted by atomic mass is 10.0. The van der Waals surface area contributed by atoms with Gasteiger partial charge in [-0.05, 0) is 13.8 Å². The van der Waals surface area contributed by atoms with Crippen LogP contribution in [0.4, 0.5) is 0 Å². The summed E-state index contributed by atoms with van der Waals surface area (Å²) in [6, 6.07) is 1.49. The van der Waals surface area contributed by atoms with E-state index in [9.17, 15) is 14.4 Å². The molecular weight excluding hydrogens is 266 g/mol. The first-order valence-corrected chi connectivity index (χ1v) is 5.75. The maximum atomic E-state index is 12.2. The first-order valence-electron chi connectivity index (χ1n) is 5.75. The molecule has 20 heavy (non-hydrogen) atoms. The number of fused-ring (bicyclic) bond motifs is 1. The van der Waals surface area contributed by atoms with Gasteiger partial charge in [-0.3, -0.25) is 4.79 Å². The molecule has 0 fully saturated rings. The second-order valence-corrected chi connectivity index (χ2v) is 4.19. The fourth-order valence-electron chi connectivity index (χ4n) is 2.04. The van der Waals surface area contributed by atoms with Crippen LogP contribution in [0.3, 0.4) is 0 Å². The summed E-state index contributed by atoms with van der Waals surface area (Å²) in [5.41, 5.74) is -0.450. The highest BCUT2D eigenvalue weighted by molar-refractivity contribution is 6.08. The van der Waals surface area contributed by atoms with Crippen LogP contribution < -0.4 is 5.56 Å². The van der Waals surface area contributed by atoms with Crippen molar-refractivity contribution in [3.8, 4) is 0 Å². The first-order chi connectivity index (χ1) is 9.42. The summed E-state index contributed by atoms with van der Waals surface area (Å²) in [4.78, 5) is 36.0. The molecule has 2 aromatic rings. The van der Waals surface area contributed by atoms with Crippen LogP contribution in [0.2, 0.25) is 0 Å². The van der Waals surface area contributed by atoms with Gasteiger partial charge >= 0.3 is 11.9 Å². The average molecular weight is 279 g/mol. The SMILES string of the molecule is COC(=O)c1c(C)c(=O)n2oc(C)cc2c1C(=O)OC. The van der Waals surface area contributed by atoms with Crippen LogP contribution in [0.5, 0.6) is 0 Å². The molecule has 0 aliphatic carbocycles. The maximum absolute atomic E-state index is 12.2. The highest BCUT2D eigenvalue weighted by atomic mass is 16.5. The summed E-state index contributed by atoms with van der Waals surface area (Å²) in [7, 11) is 2.36. The predicted molar refractivity (Wildman–Crippen MR) is 68.1 cm³/mol. The van der Waals surface area contributed by atoms with Crippen molar-refractivity contribution < 1.29 is 23.6 Å². The van der Waals surface area contributed by atoms with E-state index in [1.807, 2.05) is 0 Å². The van der Waals surface area contributed by atoms with Crippen molar-refractivity contribution in [3.63, 3.8) is 0 Å². The van der Waals surface area contributed by atoms with Crippen LogP contribution in [-0.2, 0) is 9.47 Å². The molecule has 0 bridgehead atoms. The largest absolute Gasteiger partial charge is 0.465 e. The van der Waals surface area contributed by atoms with Gasteiger partial charge in [0, 0.05) is 11.6 Å². The van der Waals surface area contributed by atoms with E-state index in [0.29, 0.717) is 5.76 Å². The van der Waals surface area contributed by atoms with E-state index in [4.69, 9.17) is 4.52 Å². The number of hydrogen-bond donors (Lipinski definition) is 0. The molecule has 7 heteroatoms. The van der Waals surface area contributed by atoms with Crippen LogP contribution in [0.15, 0.2) is 15.4 Å². The standard InChI is InChI=1S/C13H13NO6/c1-6-5-8-10(13(17)19-4)9(12(16)18-3)7(2)11(15)14(8)20-6/h5H,1-4H3. The van der Waals surface area contributed by atoms with Crippen LogP contribution in [0.25, 0.3) is 5.52 Å². The number of esters is 2. The Morgan fingerprint density at radius 1 is 1.10 bits per heavy atom. The van der Waals surface area contributed by atoms with Crippen LogP contribution >= 0.6 is 0 Å². The molecule has 0 radical (unpaired) electrons. The van der Waals surface area contributed by atoms with E-state index in [1.54, 1.807) is 6.92 Å². The Morgan fingerprint density at radius 3 is 2.20 bits per heavy atom. The lowest BCUT2D eigenvalue weighted by Crippen LogP contribution is -2.25. The minimum atomic E-state index is -0.777. The van der Waals surface area contributed by atoms with Gasteiger partial charge in [-0.15, -0.1) is 4.57 Å². The van der Waals surface area contributed by atoms with E-state index < -0.39 is 17.5 Å². The maximum Gasteiger partial charge on any atom is 0.341 e. The zero-order valence-corrected chi connectivity index (χ0v) is 11.5. The first kappa shape index (κ1) is 13.9. The van der Waals surface area contributed by atoms with Gasteiger partial charge in [0.1, 0.15) is 16.8 Å². The van der Waals surface area contributed by atoms with Crippen LogP contribution in [0, 0.1) is 13.8 Å². The van der Waals surface area contributed by atoms with Crippen molar-refractivity contribution in [2.24, 2.45) is 0 Å². The third kappa shape index (κ3) is 1.87. The van der Waals surface area contributed by atoms with Gasteiger partial charge in [-0.2, -0.15) is 0 Å². The smallest absolute Gasteiger partial charge is 0.341 e. The second-order valence-electron chi connectivity index (χ2n) is 4.19. The molecule has 0 N–H and O–H groups in total. The quantitative estimate of drug-likeness (QED) is 0.764. The molecule has 0 aromatic carbocycles. The van der Waals surface area contributed by atoms with Crippen LogP contribution in [-0.4, -0.2) is 30.7 Å². The molecule has 106 valence electrons. The number of rotatable bonds is 2. The molecule has 0 atom stereocenters. The summed E-state index contributed by atoms with van der Waals surface area (Å²) in [5, 5.41) is 0. The Bertz CT molecular complexity index is 767. The molecule has 2 heterocycles. The Balaban J connectivity index is 3.02. The van der Waals surface area contributed by atoms with Gasteiger partial charge in [-0.25, -0.2) is 9.59 Å². The van der Waals surface area contributed by atoms with Gasteiger partial charge in [0.25, 0.3) is 5.56 Å². The fourth-order valence-corrected chi connectivity index (χ4v) is 2.04. The number of carbonyl (C=O) groups excluding carboxylic acids is 2. The summed E-state index contributed by atoms with van der Waals surface area (Å²) >= 11 is 0. The molecular formula is C13H13NO6. The lowest BCUT2D eigenvalue weighted by Gasteiger charge is -2.09. The second kappa shape index (κ2) is 4.84. The Hall–Kier alpha value is -2.57. The van der Waals surface area contributed by atoms with Crippen molar-refractivity contribution in [2.45, 2.75) is 13.8 Å². The van der Waals surface area contributed by atoms with E-state index in [-0.39, 0.29) is 22.2 Å². The average Bonchev–Trinajstić information content (AvgIpc) is 2.82. The molecule has 0 spiro atoms. The van der Waals surface area contributed by atoms with Gasteiger partial charge in [0.05, 0.1) is 19.8 Å². The zero-order chi connectivity index (χ0) is 15.0. The molecule has 0 amide bonds. The number of methoxy groups -OCH3 is 2. The number of pyridine rings is 1. The van der Waals surface area contributed by atoms with Gasteiger partial charge in [0.15, 0.2) is 0 Å². The topological polar surface area (TPSA) is 87.2 Å². The Morgan fingerprint density at radius 2 is 1.65 bits per heavy atom. The van der Waals surface area contributed by atoms with E-state index in [2.05, 4.69) is 9.47 Å². The molecule has 2 aromatic heterocycles. The van der Waals surface area contributed by atoms with Gasteiger partial charge in [0.2, 0.25) is 0 Å². The molecule has 0 unspecified atom stereocenters. The van der Waals surface area contributed by atoms with E-state index in [1.165, 1.54) is 27.2 Å². The minimum Gasteiger partial charge on any atom is -0.465 e. The number of carbonyl (C=O) groups is 2. The molecule has 0 aliphatic rings. The molecule has 0 aliphatic heterocycles. The molecule has 2 rings (SSSR count). The molecule has 0 saturated heterocycles. The van der Waals surface area contributed by atoms with E-state index in [0.717, 1.165) is 4.57 Å². The third-order valence-electron chi connectivity index (χ3n) is 2.96. The summed E-state index contributed by atoms with van der Waals surface area (Å²) in [6.45, 7) is 3.05. The number of nitrogens with zero attached hydrogens (tertiary/aromatic N) is 1. The van der Waals surface area contributed by atoms with Crippen molar-refractivity contribution in [1.82, 2.24) is 4.57 Å². The highest BCUT2D eigenvalue weighted by Crippen LogP contribution is 2.21. The zero-order valence-electron chi connectivity index (χ0n) is 11.5. The summed E-state index contributed by atoms with van der Waals surface area (Å²) in [5.74, 6) is -1.10. The van der Waals surface area contributed by atoms with Crippen molar-refractivity contribution in [1.29, 1.82) is 0 Å². The number of aromatic nitrogens is 1. The number of ether oxygens (including phenoxy) is 2. The third-order valence-corrected chi connectivity index (χ3v) is 2.96. The van der Waals surface area contributed by atoms with Crippen molar-refractivity contribution in [3.05, 3.63) is 38.9 Å². The van der Waals surface area contributed by atoms with Crippen molar-refractivity contribution >= 4 is 17.5 Å². The Kier molecular flexibility index (Phi) is 3.35. The minimum absolute atomic E-state index is 0.0479. The molecule has 7 nitrogen and oxygen atoms in total. The van der Waals surface area contributed by atoms with Gasteiger partial charge in [-0.1, -0.05) is 0 Å². The highest BCUT2D eigenvalue weighted by Gasteiger charge is 2.28. The molecule has 0 saturated carbocycles. The summed E-state index contributed by atoms with van der Waals surface area (Å²) < 4.78 is 15.5. The fraction of sp³-hybridized carbons (Fsp3) is 0.308. The monoisotopic (exact) mass is 279 g/mol. The van der Waals surface area contributed by atoms with Crippen LogP contribution in [0.1, 0.15) is 32.0 Å². The normalized spacial score (nSPS) is 10.6. The Labute approximate surface area is 113 Å². The predicted octanol–water partition coefficient (Wildman–Crippen LogP) is 1.08. The van der Waals surface area contributed by atoms with E-state index >= 15 is 0 Å². The number of aryl methyl sites for hydroxylation is 1. The summed E-state index contributed by atoms with van der Waals surface area (Å²) in [6.07, 6.45) is 0. The lowest BCUT2D eigenvalue weighted by molar-refractivity contribution is 0.0555. The van der Waals surface area contributed by atoms with Gasteiger partial charge < -0.3 is 14.0 Å². The number of hydrogen-bond acceptors (Lipinski definition) is 6. The van der Waals surface area contributed by atoms with Crippen molar-refractivity contribution in [2.75, 3.05) is 14.2 Å².